The van der Waals surface area contributed by atoms with E-state index in [1.807, 2.05) is 0 Å². The number of methoxy groups -OCH3 is 2. The molecule has 6 nitrogen and oxygen atoms in total. The number of nitro benzene ring substituents is 1. The van der Waals surface area contributed by atoms with Crippen LogP contribution in [0, 0.1) is 10.1 Å². The van der Waals surface area contributed by atoms with Gasteiger partial charge in [-0.3, -0.25) is 10.1 Å². The summed E-state index contributed by atoms with van der Waals surface area (Å²) in [6, 6.07) is 9.03. The van der Waals surface area contributed by atoms with Gasteiger partial charge < -0.3 is 14.2 Å². The SMILES string of the molecule is COC(OC)c1cc(Oc2ccc(Cl)cc2Cl)ccc1[N+](=O)[O-]. The molecular weight excluding hydrogens is 345 g/mol. The molecule has 0 radical (unpaired) electrons. The molecule has 23 heavy (non-hydrogen) atoms. The van der Waals surface area contributed by atoms with Crippen molar-refractivity contribution >= 4 is 28.9 Å². The zero-order valence-electron chi connectivity index (χ0n) is 12.3. The summed E-state index contributed by atoms with van der Waals surface area (Å²) in [6.45, 7) is 0. The maximum atomic E-state index is 11.1. The molecule has 0 saturated heterocycles. The van der Waals surface area contributed by atoms with E-state index < -0.39 is 11.2 Å². The van der Waals surface area contributed by atoms with Crippen molar-refractivity contribution < 1.29 is 19.1 Å². The van der Waals surface area contributed by atoms with E-state index in [4.69, 9.17) is 37.4 Å². The molecule has 0 heterocycles. The lowest BCUT2D eigenvalue weighted by atomic mass is 10.1. The van der Waals surface area contributed by atoms with E-state index in [0.29, 0.717) is 21.5 Å². The fraction of sp³-hybridized carbons (Fsp3) is 0.200. The summed E-state index contributed by atoms with van der Waals surface area (Å²) in [6.07, 6.45) is -0.889. The topological polar surface area (TPSA) is 70.8 Å². The predicted octanol–water partition coefficient (Wildman–Crippen LogP) is 4.99. The number of benzene rings is 2. The van der Waals surface area contributed by atoms with Crippen molar-refractivity contribution in [2.45, 2.75) is 6.29 Å². The highest BCUT2D eigenvalue weighted by molar-refractivity contribution is 6.35. The van der Waals surface area contributed by atoms with Gasteiger partial charge in [0.2, 0.25) is 0 Å². The Morgan fingerprint density at radius 2 is 1.78 bits per heavy atom. The van der Waals surface area contributed by atoms with Crippen LogP contribution in [-0.4, -0.2) is 19.1 Å². The second kappa shape index (κ2) is 7.61. The minimum absolute atomic E-state index is 0.131. The Bertz CT molecular complexity index is 719. The quantitative estimate of drug-likeness (QED) is 0.414. The number of nitrogens with zero attached hydrogens (tertiary/aromatic N) is 1. The normalized spacial score (nSPS) is 10.8. The van der Waals surface area contributed by atoms with E-state index in [2.05, 4.69) is 0 Å². The molecule has 2 rings (SSSR count). The van der Waals surface area contributed by atoms with Crippen molar-refractivity contribution in [3.8, 4) is 11.5 Å². The van der Waals surface area contributed by atoms with Gasteiger partial charge in [0.05, 0.1) is 15.5 Å². The summed E-state index contributed by atoms with van der Waals surface area (Å²) < 4.78 is 15.8. The van der Waals surface area contributed by atoms with E-state index in [1.165, 1.54) is 38.5 Å². The van der Waals surface area contributed by atoms with E-state index in [0.717, 1.165) is 0 Å². The van der Waals surface area contributed by atoms with E-state index in [1.54, 1.807) is 12.1 Å². The summed E-state index contributed by atoms with van der Waals surface area (Å²) in [5.74, 6) is 0.733. The Labute approximate surface area is 142 Å². The van der Waals surface area contributed by atoms with Crippen LogP contribution in [0.3, 0.4) is 0 Å². The Hall–Kier alpha value is -1.86. The second-order valence-electron chi connectivity index (χ2n) is 4.46. The van der Waals surface area contributed by atoms with Crippen molar-refractivity contribution in [3.63, 3.8) is 0 Å². The predicted molar refractivity (Wildman–Crippen MR) is 86.4 cm³/mol. The van der Waals surface area contributed by atoms with Crippen molar-refractivity contribution in [2.24, 2.45) is 0 Å². The first kappa shape index (κ1) is 17.5. The molecule has 0 spiro atoms. The van der Waals surface area contributed by atoms with Crippen LogP contribution in [0.15, 0.2) is 36.4 Å². The van der Waals surface area contributed by atoms with Gasteiger partial charge in [-0.15, -0.1) is 0 Å². The van der Waals surface area contributed by atoms with Crippen molar-refractivity contribution in [1.82, 2.24) is 0 Å². The minimum Gasteiger partial charge on any atom is -0.456 e. The van der Waals surface area contributed by atoms with Gasteiger partial charge in [-0.2, -0.15) is 0 Å². The molecule has 0 fully saturated rings. The highest BCUT2D eigenvalue weighted by Gasteiger charge is 2.23. The Morgan fingerprint density at radius 3 is 2.35 bits per heavy atom. The molecule has 0 atom stereocenters. The standard InChI is InChI=1S/C15H13Cl2NO5/c1-21-15(22-2)11-8-10(4-5-13(11)18(19)20)23-14-6-3-9(16)7-12(14)17/h3-8,15H,1-2H3. The lowest BCUT2D eigenvalue weighted by Crippen LogP contribution is -2.07. The average Bonchev–Trinajstić information content (AvgIpc) is 2.51. The summed E-state index contributed by atoms with van der Waals surface area (Å²) in [5, 5.41) is 11.9. The third-order valence-corrected chi connectivity index (χ3v) is 3.53. The summed E-state index contributed by atoms with van der Waals surface area (Å²) >= 11 is 11.9. The number of ether oxygens (including phenoxy) is 3. The molecule has 0 aromatic heterocycles. The molecular formula is C15H13Cl2NO5. The third-order valence-electron chi connectivity index (χ3n) is 3.00. The monoisotopic (exact) mass is 357 g/mol. The maximum Gasteiger partial charge on any atom is 0.277 e. The molecule has 2 aromatic rings. The minimum atomic E-state index is -0.889. The molecule has 122 valence electrons. The number of hydrogen-bond acceptors (Lipinski definition) is 5. The molecule has 0 saturated carbocycles. The van der Waals surface area contributed by atoms with Crippen LogP contribution < -0.4 is 4.74 Å². The number of hydrogen-bond donors (Lipinski definition) is 0. The summed E-state index contributed by atoms with van der Waals surface area (Å²) in [5.41, 5.74) is 0.107. The van der Waals surface area contributed by atoms with Crippen molar-refractivity contribution in [3.05, 3.63) is 62.1 Å². The molecule has 0 unspecified atom stereocenters. The average molecular weight is 358 g/mol. The van der Waals surface area contributed by atoms with Crippen LogP contribution in [-0.2, 0) is 9.47 Å². The first-order valence-electron chi connectivity index (χ1n) is 6.43. The van der Waals surface area contributed by atoms with Crippen molar-refractivity contribution in [2.75, 3.05) is 14.2 Å². The van der Waals surface area contributed by atoms with Crippen LogP contribution in [0.4, 0.5) is 5.69 Å². The molecule has 0 aliphatic carbocycles. The molecule has 0 bridgehead atoms. The fourth-order valence-corrected chi connectivity index (χ4v) is 2.43. The Morgan fingerprint density at radius 1 is 1.09 bits per heavy atom. The Balaban J connectivity index is 2.40. The van der Waals surface area contributed by atoms with E-state index in [9.17, 15) is 10.1 Å². The highest BCUT2D eigenvalue weighted by atomic mass is 35.5. The zero-order chi connectivity index (χ0) is 17.0. The first-order valence-corrected chi connectivity index (χ1v) is 7.18. The van der Waals surface area contributed by atoms with Gasteiger partial charge in [-0.05, 0) is 30.3 Å². The van der Waals surface area contributed by atoms with Crippen LogP contribution in [0.2, 0.25) is 10.0 Å². The lowest BCUT2D eigenvalue weighted by Gasteiger charge is -2.15. The van der Waals surface area contributed by atoms with Crippen LogP contribution in [0.1, 0.15) is 11.9 Å². The lowest BCUT2D eigenvalue weighted by molar-refractivity contribution is -0.387. The van der Waals surface area contributed by atoms with Gasteiger partial charge in [0.1, 0.15) is 11.5 Å². The van der Waals surface area contributed by atoms with Crippen LogP contribution in [0.25, 0.3) is 0 Å². The molecule has 2 aromatic carbocycles. The first-order chi connectivity index (χ1) is 11.0. The van der Waals surface area contributed by atoms with Gasteiger partial charge >= 0.3 is 0 Å². The molecule has 8 heteroatoms. The number of halogens is 2. The van der Waals surface area contributed by atoms with Crippen LogP contribution in [0.5, 0.6) is 11.5 Å². The highest BCUT2D eigenvalue weighted by Crippen LogP contribution is 2.35. The molecule has 0 aliphatic rings. The summed E-state index contributed by atoms with van der Waals surface area (Å²) in [4.78, 5) is 10.6. The van der Waals surface area contributed by atoms with E-state index >= 15 is 0 Å². The summed E-state index contributed by atoms with van der Waals surface area (Å²) in [7, 11) is 2.78. The van der Waals surface area contributed by atoms with E-state index in [-0.39, 0.29) is 11.3 Å². The zero-order valence-corrected chi connectivity index (χ0v) is 13.8. The third kappa shape index (κ3) is 4.11. The fourth-order valence-electron chi connectivity index (χ4n) is 1.99. The Kier molecular flexibility index (Phi) is 5.79. The number of nitro groups is 1. The van der Waals surface area contributed by atoms with Crippen LogP contribution >= 0.6 is 23.2 Å². The second-order valence-corrected chi connectivity index (χ2v) is 5.30. The number of rotatable bonds is 6. The smallest absolute Gasteiger partial charge is 0.277 e. The van der Waals surface area contributed by atoms with Gasteiger partial charge in [-0.1, -0.05) is 23.2 Å². The van der Waals surface area contributed by atoms with Gasteiger partial charge in [0.25, 0.3) is 5.69 Å². The molecule has 0 N–H and O–H groups in total. The van der Waals surface area contributed by atoms with Gasteiger partial charge in [0, 0.05) is 25.3 Å². The largest absolute Gasteiger partial charge is 0.456 e. The molecule has 0 aliphatic heterocycles. The maximum absolute atomic E-state index is 11.1. The molecule has 0 amide bonds. The van der Waals surface area contributed by atoms with Crippen molar-refractivity contribution in [1.29, 1.82) is 0 Å². The van der Waals surface area contributed by atoms with Gasteiger partial charge in [-0.25, -0.2) is 0 Å². The van der Waals surface area contributed by atoms with Gasteiger partial charge in [0.15, 0.2) is 6.29 Å².